The van der Waals surface area contributed by atoms with Crippen LogP contribution in [0.2, 0.25) is 0 Å². The lowest BCUT2D eigenvalue weighted by molar-refractivity contribution is -0.120. The molecule has 3 aromatic rings. The molecule has 8 heteroatoms. The summed E-state index contributed by atoms with van der Waals surface area (Å²) in [6.45, 7) is 6.00. The van der Waals surface area contributed by atoms with Crippen molar-refractivity contribution in [2.45, 2.75) is 31.7 Å². The molecule has 0 aliphatic rings. The van der Waals surface area contributed by atoms with Gasteiger partial charge in [0.1, 0.15) is 24.7 Å². The predicted octanol–water partition coefficient (Wildman–Crippen LogP) is 4.17. The lowest BCUT2D eigenvalue weighted by Crippen LogP contribution is -2.45. The van der Waals surface area contributed by atoms with E-state index in [9.17, 15) is 13.2 Å². The lowest BCUT2D eigenvalue weighted by Gasteiger charge is -2.25. The number of anilines is 1. The molecule has 1 unspecified atom stereocenters. The fourth-order valence-corrected chi connectivity index (χ4v) is 4.78. The van der Waals surface area contributed by atoms with Crippen molar-refractivity contribution in [1.82, 2.24) is 5.32 Å². The van der Waals surface area contributed by atoms with Crippen molar-refractivity contribution in [3.05, 3.63) is 84.4 Å². The number of rotatable bonds is 11. The number of amides is 1. The predicted molar refractivity (Wildman–Crippen MR) is 133 cm³/mol. The molecule has 0 saturated carbocycles. The molecule has 0 heterocycles. The third-order valence-electron chi connectivity index (χ3n) is 5.04. The highest BCUT2D eigenvalue weighted by Gasteiger charge is 2.27. The minimum atomic E-state index is -3.97. The van der Waals surface area contributed by atoms with Crippen molar-refractivity contribution in [2.75, 3.05) is 24.1 Å². The molecular formula is C26H30N2O5S. The van der Waals surface area contributed by atoms with Crippen molar-refractivity contribution >= 4 is 21.6 Å². The molecule has 7 nitrogen and oxygen atoms in total. The van der Waals surface area contributed by atoms with Gasteiger partial charge < -0.3 is 14.8 Å². The fraction of sp³-hybridized carbons (Fsp3) is 0.269. The Morgan fingerprint density at radius 1 is 0.941 bits per heavy atom. The number of benzene rings is 3. The zero-order valence-corrected chi connectivity index (χ0v) is 20.4. The van der Waals surface area contributed by atoms with E-state index in [1.54, 1.807) is 42.5 Å². The van der Waals surface area contributed by atoms with Gasteiger partial charge in [-0.25, -0.2) is 8.42 Å². The molecule has 0 spiro atoms. The minimum absolute atomic E-state index is 0.104. The Labute approximate surface area is 201 Å². The number of ether oxygens (including phenoxy) is 2. The first-order valence-electron chi connectivity index (χ1n) is 11.1. The Balaban J connectivity index is 1.75. The first kappa shape index (κ1) is 25.1. The van der Waals surface area contributed by atoms with Gasteiger partial charge >= 0.3 is 0 Å². The molecule has 1 N–H and O–H groups in total. The molecule has 0 bridgehead atoms. The summed E-state index contributed by atoms with van der Waals surface area (Å²) in [5.41, 5.74) is 1.36. The normalized spacial score (nSPS) is 12.0. The summed E-state index contributed by atoms with van der Waals surface area (Å²) in [6.07, 6.45) is 0. The van der Waals surface area contributed by atoms with Crippen molar-refractivity contribution in [3.63, 3.8) is 0 Å². The van der Waals surface area contributed by atoms with Crippen molar-refractivity contribution < 1.29 is 22.7 Å². The Bertz CT molecular complexity index is 1180. The van der Waals surface area contributed by atoms with Gasteiger partial charge in [-0.3, -0.25) is 9.10 Å². The molecule has 3 aromatic carbocycles. The maximum absolute atomic E-state index is 13.4. The summed E-state index contributed by atoms with van der Waals surface area (Å²) in [6, 6.07) is 22.0. The SMILES string of the molecule is CCOc1ccc(N(CC(=O)NC(C)COc2ccccc2C)S(=O)(=O)c2ccccc2)cc1. The van der Waals surface area contributed by atoms with E-state index in [0.29, 0.717) is 18.0 Å². The largest absolute Gasteiger partial charge is 0.494 e. The number of nitrogens with zero attached hydrogens (tertiary/aromatic N) is 1. The van der Waals surface area contributed by atoms with Gasteiger partial charge in [-0.15, -0.1) is 0 Å². The van der Waals surface area contributed by atoms with Crippen LogP contribution < -0.4 is 19.1 Å². The maximum Gasteiger partial charge on any atom is 0.264 e. The van der Waals surface area contributed by atoms with Crippen LogP contribution in [0.4, 0.5) is 5.69 Å². The highest BCUT2D eigenvalue weighted by atomic mass is 32.2. The van der Waals surface area contributed by atoms with Crippen LogP contribution in [0.3, 0.4) is 0 Å². The van der Waals surface area contributed by atoms with Gasteiger partial charge in [-0.2, -0.15) is 0 Å². The number of carbonyl (C=O) groups excluding carboxylic acids is 1. The summed E-state index contributed by atoms with van der Waals surface area (Å²) in [7, 11) is -3.97. The molecule has 0 fully saturated rings. The topological polar surface area (TPSA) is 84.9 Å². The third-order valence-corrected chi connectivity index (χ3v) is 6.83. The summed E-state index contributed by atoms with van der Waals surface area (Å²) in [4.78, 5) is 13.0. The second-order valence-corrected chi connectivity index (χ2v) is 9.66. The number of para-hydroxylation sites is 1. The van der Waals surface area contributed by atoms with Crippen molar-refractivity contribution in [1.29, 1.82) is 0 Å². The first-order chi connectivity index (χ1) is 16.3. The highest BCUT2D eigenvalue weighted by Crippen LogP contribution is 2.26. The number of hydrogen-bond acceptors (Lipinski definition) is 5. The molecule has 0 radical (unpaired) electrons. The summed E-state index contributed by atoms with van der Waals surface area (Å²) in [5.74, 6) is 0.926. The summed E-state index contributed by atoms with van der Waals surface area (Å²) in [5, 5.41) is 2.83. The van der Waals surface area contributed by atoms with Crippen LogP contribution in [-0.2, 0) is 14.8 Å². The van der Waals surface area contributed by atoms with Crippen molar-refractivity contribution in [3.8, 4) is 11.5 Å². The molecule has 3 rings (SSSR count). The molecule has 180 valence electrons. The standard InChI is InChI=1S/C26H30N2O5S/c1-4-32-23-16-14-22(15-17-23)28(34(30,31)24-11-6-5-7-12-24)18-26(29)27-21(3)19-33-25-13-9-8-10-20(25)2/h5-17,21H,4,18-19H2,1-3H3,(H,27,29). The average molecular weight is 483 g/mol. The Morgan fingerprint density at radius 3 is 2.24 bits per heavy atom. The van der Waals surface area contributed by atoms with Crippen LogP contribution in [0.1, 0.15) is 19.4 Å². The summed E-state index contributed by atoms with van der Waals surface area (Å²) >= 11 is 0. The lowest BCUT2D eigenvalue weighted by atomic mass is 10.2. The second kappa shape index (κ2) is 11.6. The number of aryl methyl sites for hydroxylation is 1. The average Bonchev–Trinajstić information content (AvgIpc) is 2.83. The number of sulfonamides is 1. The van der Waals surface area contributed by atoms with Gasteiger partial charge in [-0.1, -0.05) is 36.4 Å². The van der Waals surface area contributed by atoms with E-state index < -0.39 is 15.9 Å². The first-order valence-corrected chi connectivity index (χ1v) is 12.5. The van der Waals surface area contributed by atoms with Crippen LogP contribution in [0.15, 0.2) is 83.8 Å². The third kappa shape index (κ3) is 6.51. The van der Waals surface area contributed by atoms with E-state index >= 15 is 0 Å². The molecule has 0 aliphatic heterocycles. The van der Waals surface area contributed by atoms with Gasteiger partial charge in [0.25, 0.3) is 10.0 Å². The van der Waals surface area contributed by atoms with E-state index in [0.717, 1.165) is 15.6 Å². The quantitative estimate of drug-likeness (QED) is 0.443. The zero-order valence-electron chi connectivity index (χ0n) is 19.6. The van der Waals surface area contributed by atoms with E-state index in [4.69, 9.17) is 9.47 Å². The van der Waals surface area contributed by atoms with Gasteiger partial charge in [0.15, 0.2) is 0 Å². The monoisotopic (exact) mass is 482 g/mol. The Hall–Kier alpha value is -3.52. The number of carbonyl (C=O) groups is 1. The van der Waals surface area contributed by atoms with Crippen LogP contribution in [-0.4, -0.2) is 40.1 Å². The van der Waals surface area contributed by atoms with E-state index in [1.807, 2.05) is 45.0 Å². The molecule has 34 heavy (non-hydrogen) atoms. The molecule has 0 saturated heterocycles. The van der Waals surface area contributed by atoms with Crippen LogP contribution in [0.25, 0.3) is 0 Å². The van der Waals surface area contributed by atoms with Crippen LogP contribution in [0, 0.1) is 6.92 Å². The van der Waals surface area contributed by atoms with Crippen LogP contribution >= 0.6 is 0 Å². The van der Waals surface area contributed by atoms with Gasteiger partial charge in [0.2, 0.25) is 5.91 Å². The van der Waals surface area contributed by atoms with Gasteiger partial charge in [0.05, 0.1) is 23.2 Å². The molecular weight excluding hydrogens is 452 g/mol. The van der Waals surface area contributed by atoms with Gasteiger partial charge in [0, 0.05) is 0 Å². The maximum atomic E-state index is 13.4. The smallest absolute Gasteiger partial charge is 0.264 e. The Kier molecular flexibility index (Phi) is 8.54. The van der Waals surface area contributed by atoms with Crippen molar-refractivity contribution in [2.24, 2.45) is 0 Å². The van der Waals surface area contributed by atoms with E-state index in [2.05, 4.69) is 5.32 Å². The fourth-order valence-electron chi connectivity index (χ4n) is 3.34. The van der Waals surface area contributed by atoms with E-state index in [-0.39, 0.29) is 24.1 Å². The van der Waals surface area contributed by atoms with E-state index in [1.165, 1.54) is 12.1 Å². The number of hydrogen-bond donors (Lipinski definition) is 1. The van der Waals surface area contributed by atoms with Crippen LogP contribution in [0.5, 0.6) is 11.5 Å². The minimum Gasteiger partial charge on any atom is -0.494 e. The second-order valence-electron chi connectivity index (χ2n) is 7.80. The summed E-state index contributed by atoms with van der Waals surface area (Å²) < 4.78 is 39.2. The molecule has 0 aromatic heterocycles. The number of nitrogens with one attached hydrogen (secondary N) is 1. The molecule has 1 atom stereocenters. The molecule has 0 aliphatic carbocycles. The highest BCUT2D eigenvalue weighted by molar-refractivity contribution is 7.92. The van der Waals surface area contributed by atoms with Gasteiger partial charge in [-0.05, 0) is 68.8 Å². The Morgan fingerprint density at radius 2 is 1.59 bits per heavy atom. The molecule has 1 amide bonds. The zero-order chi connectivity index (χ0) is 24.6.